The first kappa shape index (κ1) is 14.0. The summed E-state index contributed by atoms with van der Waals surface area (Å²) in [5.74, 6) is 0.259. The van der Waals surface area contributed by atoms with Gasteiger partial charge in [0.2, 0.25) is 5.91 Å². The van der Waals surface area contributed by atoms with Crippen molar-refractivity contribution in [1.82, 2.24) is 20.7 Å². The Bertz CT molecular complexity index is 537. The van der Waals surface area contributed by atoms with E-state index in [4.69, 9.17) is 0 Å². The highest BCUT2D eigenvalue weighted by Gasteiger charge is 2.30. The molecule has 2 aliphatic rings. The lowest BCUT2D eigenvalue weighted by Gasteiger charge is -2.27. The van der Waals surface area contributed by atoms with Crippen LogP contribution in [0.25, 0.3) is 0 Å². The first-order valence-electron chi connectivity index (χ1n) is 7.67. The largest absolute Gasteiger partial charge is 0.348 e. The number of amides is 2. The van der Waals surface area contributed by atoms with E-state index in [-0.39, 0.29) is 35.3 Å². The van der Waals surface area contributed by atoms with Crippen LogP contribution in [0.5, 0.6) is 0 Å². The number of H-pyrrole nitrogens is 1. The van der Waals surface area contributed by atoms with Crippen LogP contribution in [-0.2, 0) is 4.79 Å². The molecular formula is C14H21N5O2. The van der Waals surface area contributed by atoms with Gasteiger partial charge in [-0.15, -0.1) is 10.2 Å². The fraction of sp³-hybridized carbons (Fsp3) is 0.714. The number of rotatable bonds is 4. The molecule has 1 aromatic rings. The van der Waals surface area contributed by atoms with Crippen molar-refractivity contribution in [3.05, 3.63) is 5.69 Å². The number of anilines is 1. The summed E-state index contributed by atoms with van der Waals surface area (Å²) in [5.41, 5.74) is 0.165. The molecule has 0 bridgehead atoms. The lowest BCUT2D eigenvalue weighted by molar-refractivity contribution is -0.122. The molecule has 2 atom stereocenters. The maximum Gasteiger partial charge on any atom is 0.275 e. The Morgan fingerprint density at radius 2 is 1.90 bits per heavy atom. The minimum atomic E-state index is -0.279. The second-order valence-electron chi connectivity index (χ2n) is 6.13. The second-order valence-corrected chi connectivity index (χ2v) is 6.13. The third kappa shape index (κ3) is 3.22. The van der Waals surface area contributed by atoms with Crippen molar-refractivity contribution in [2.45, 2.75) is 51.5 Å². The van der Waals surface area contributed by atoms with Crippen LogP contribution in [0.3, 0.4) is 0 Å². The summed E-state index contributed by atoms with van der Waals surface area (Å²) in [5, 5.41) is 15.8. The number of carbonyl (C=O) groups is 2. The van der Waals surface area contributed by atoms with Gasteiger partial charge in [-0.2, -0.15) is 5.21 Å². The molecule has 2 amide bonds. The van der Waals surface area contributed by atoms with Crippen molar-refractivity contribution in [3.63, 3.8) is 0 Å². The minimum absolute atomic E-state index is 0.00482. The molecule has 0 radical (unpaired) electrons. The van der Waals surface area contributed by atoms with Crippen LogP contribution in [0.1, 0.15) is 55.9 Å². The summed E-state index contributed by atoms with van der Waals surface area (Å²) in [6, 6.07) is 0.246. The Balaban J connectivity index is 1.65. The van der Waals surface area contributed by atoms with Crippen molar-refractivity contribution in [3.8, 4) is 0 Å². The predicted octanol–water partition coefficient (Wildman–Crippen LogP) is 1.46. The molecule has 114 valence electrons. The van der Waals surface area contributed by atoms with Crippen molar-refractivity contribution < 1.29 is 9.59 Å². The van der Waals surface area contributed by atoms with E-state index in [2.05, 4.69) is 33.0 Å². The summed E-state index contributed by atoms with van der Waals surface area (Å²) >= 11 is 0. The minimum Gasteiger partial charge on any atom is -0.348 e. The smallest absolute Gasteiger partial charge is 0.275 e. The SMILES string of the molecule is CC1CCCCC1C(=O)Nc1n[nH]nc1C(=O)NC1CC1. The molecule has 3 N–H and O–H groups in total. The highest BCUT2D eigenvalue weighted by molar-refractivity contribution is 6.01. The Morgan fingerprint density at radius 3 is 2.62 bits per heavy atom. The zero-order chi connectivity index (χ0) is 14.8. The maximum absolute atomic E-state index is 12.4. The molecule has 1 aromatic heterocycles. The van der Waals surface area contributed by atoms with E-state index in [1.165, 1.54) is 6.42 Å². The van der Waals surface area contributed by atoms with Gasteiger partial charge >= 0.3 is 0 Å². The fourth-order valence-electron chi connectivity index (χ4n) is 2.87. The Hall–Kier alpha value is -1.92. The number of hydrogen-bond donors (Lipinski definition) is 3. The molecule has 21 heavy (non-hydrogen) atoms. The Labute approximate surface area is 123 Å². The van der Waals surface area contributed by atoms with Crippen LogP contribution in [0, 0.1) is 11.8 Å². The van der Waals surface area contributed by atoms with Gasteiger partial charge in [-0.3, -0.25) is 9.59 Å². The molecule has 2 saturated carbocycles. The van der Waals surface area contributed by atoms with Gasteiger partial charge in [0.25, 0.3) is 5.91 Å². The molecular weight excluding hydrogens is 270 g/mol. The third-order valence-corrected chi connectivity index (χ3v) is 4.37. The Kier molecular flexibility index (Phi) is 3.90. The lowest BCUT2D eigenvalue weighted by atomic mass is 9.80. The summed E-state index contributed by atoms with van der Waals surface area (Å²) < 4.78 is 0. The summed E-state index contributed by atoms with van der Waals surface area (Å²) in [7, 11) is 0. The average Bonchev–Trinajstić information content (AvgIpc) is 3.15. The van der Waals surface area contributed by atoms with E-state index in [0.29, 0.717) is 5.92 Å². The number of aromatic nitrogens is 3. The fourth-order valence-corrected chi connectivity index (χ4v) is 2.87. The molecule has 0 aromatic carbocycles. The summed E-state index contributed by atoms with van der Waals surface area (Å²) in [4.78, 5) is 24.4. The molecule has 2 aliphatic carbocycles. The van der Waals surface area contributed by atoms with Gasteiger partial charge in [-0.25, -0.2) is 0 Å². The molecule has 0 aliphatic heterocycles. The number of aromatic amines is 1. The number of hydrogen-bond acceptors (Lipinski definition) is 4. The number of nitrogens with zero attached hydrogens (tertiary/aromatic N) is 2. The zero-order valence-electron chi connectivity index (χ0n) is 12.2. The van der Waals surface area contributed by atoms with Crippen molar-refractivity contribution in [2.24, 2.45) is 11.8 Å². The topological polar surface area (TPSA) is 99.8 Å². The van der Waals surface area contributed by atoms with Crippen LogP contribution in [0.15, 0.2) is 0 Å². The normalized spacial score (nSPS) is 25.4. The summed E-state index contributed by atoms with van der Waals surface area (Å²) in [6.07, 6.45) is 6.25. The zero-order valence-corrected chi connectivity index (χ0v) is 12.2. The van der Waals surface area contributed by atoms with Crippen molar-refractivity contribution in [2.75, 3.05) is 5.32 Å². The molecule has 7 heteroatoms. The molecule has 3 rings (SSSR count). The van der Waals surface area contributed by atoms with E-state index in [1.807, 2.05) is 0 Å². The molecule has 0 spiro atoms. The average molecular weight is 291 g/mol. The lowest BCUT2D eigenvalue weighted by Crippen LogP contribution is -2.32. The second kappa shape index (κ2) is 5.83. The first-order chi connectivity index (χ1) is 10.1. The molecule has 7 nitrogen and oxygen atoms in total. The Morgan fingerprint density at radius 1 is 1.14 bits per heavy atom. The highest BCUT2D eigenvalue weighted by atomic mass is 16.2. The molecule has 2 unspecified atom stereocenters. The van der Waals surface area contributed by atoms with E-state index >= 15 is 0 Å². The van der Waals surface area contributed by atoms with Gasteiger partial charge in [-0.1, -0.05) is 19.8 Å². The van der Waals surface area contributed by atoms with Gasteiger partial charge in [0, 0.05) is 12.0 Å². The van der Waals surface area contributed by atoms with Gasteiger partial charge in [-0.05, 0) is 31.6 Å². The van der Waals surface area contributed by atoms with Crippen LogP contribution in [0.2, 0.25) is 0 Å². The number of carbonyl (C=O) groups excluding carboxylic acids is 2. The predicted molar refractivity (Wildman–Crippen MR) is 76.6 cm³/mol. The van der Waals surface area contributed by atoms with Crippen LogP contribution in [-0.4, -0.2) is 33.3 Å². The quantitative estimate of drug-likeness (QED) is 0.782. The monoisotopic (exact) mass is 291 g/mol. The molecule has 0 saturated heterocycles. The third-order valence-electron chi connectivity index (χ3n) is 4.37. The molecule has 1 heterocycles. The summed E-state index contributed by atoms with van der Waals surface area (Å²) in [6.45, 7) is 2.10. The van der Waals surface area contributed by atoms with Crippen LogP contribution < -0.4 is 10.6 Å². The van der Waals surface area contributed by atoms with E-state index < -0.39 is 0 Å². The van der Waals surface area contributed by atoms with E-state index in [9.17, 15) is 9.59 Å². The van der Waals surface area contributed by atoms with Gasteiger partial charge in [0.05, 0.1) is 0 Å². The van der Waals surface area contributed by atoms with Gasteiger partial charge < -0.3 is 10.6 Å². The first-order valence-corrected chi connectivity index (χ1v) is 7.67. The van der Waals surface area contributed by atoms with Gasteiger partial charge in [0.15, 0.2) is 11.5 Å². The van der Waals surface area contributed by atoms with Crippen LogP contribution in [0.4, 0.5) is 5.82 Å². The van der Waals surface area contributed by atoms with Crippen LogP contribution >= 0.6 is 0 Å². The van der Waals surface area contributed by atoms with Crippen molar-refractivity contribution in [1.29, 1.82) is 0 Å². The number of nitrogens with one attached hydrogen (secondary N) is 3. The maximum atomic E-state index is 12.4. The highest BCUT2D eigenvalue weighted by Crippen LogP contribution is 2.30. The van der Waals surface area contributed by atoms with Crippen molar-refractivity contribution >= 4 is 17.6 Å². The van der Waals surface area contributed by atoms with E-state index in [1.54, 1.807) is 0 Å². The van der Waals surface area contributed by atoms with E-state index in [0.717, 1.165) is 32.1 Å². The molecule has 2 fully saturated rings. The van der Waals surface area contributed by atoms with Gasteiger partial charge in [0.1, 0.15) is 0 Å². The standard InChI is InChI=1S/C14H21N5O2/c1-8-4-2-3-5-10(8)13(20)16-12-11(17-19-18-12)14(21)15-9-6-7-9/h8-10H,2-7H2,1H3,(H,15,21)(H2,16,17,18,19,20).